The van der Waals surface area contributed by atoms with E-state index in [0.29, 0.717) is 12.2 Å². The topological polar surface area (TPSA) is 45.9 Å². The van der Waals surface area contributed by atoms with E-state index in [1.54, 1.807) is 0 Å². The summed E-state index contributed by atoms with van der Waals surface area (Å²) in [6.45, 7) is 6.79. The van der Waals surface area contributed by atoms with Crippen molar-refractivity contribution < 1.29 is 4.74 Å². The molecule has 130 valence electrons. The van der Waals surface area contributed by atoms with Crippen molar-refractivity contribution >= 4 is 23.0 Å². The van der Waals surface area contributed by atoms with Gasteiger partial charge in [-0.3, -0.25) is 0 Å². The van der Waals surface area contributed by atoms with Gasteiger partial charge >= 0.3 is 0 Å². The number of nitrogens with zero attached hydrogens (tertiary/aromatic N) is 2. The maximum Gasteiger partial charge on any atom is 0.134 e. The van der Waals surface area contributed by atoms with Crippen LogP contribution < -0.4 is 4.74 Å². The Morgan fingerprint density at radius 1 is 1.15 bits per heavy atom. The zero-order chi connectivity index (χ0) is 18.5. The van der Waals surface area contributed by atoms with E-state index in [0.717, 1.165) is 27.6 Å². The van der Waals surface area contributed by atoms with Gasteiger partial charge in [0.2, 0.25) is 0 Å². The van der Waals surface area contributed by atoms with E-state index < -0.39 is 0 Å². The zero-order valence-corrected chi connectivity index (χ0v) is 15.9. The van der Waals surface area contributed by atoms with Gasteiger partial charge in [-0.05, 0) is 61.7 Å². The third-order valence-electron chi connectivity index (χ3n) is 4.16. The summed E-state index contributed by atoms with van der Waals surface area (Å²) in [5.41, 5.74) is 6.00. The van der Waals surface area contributed by atoms with Gasteiger partial charge in [0.05, 0.1) is 17.9 Å². The molecule has 3 aromatic rings. The van der Waals surface area contributed by atoms with Crippen LogP contribution in [0.2, 0.25) is 0 Å². The van der Waals surface area contributed by atoms with E-state index in [-0.39, 0.29) is 0 Å². The Morgan fingerprint density at radius 2 is 1.92 bits per heavy atom. The van der Waals surface area contributed by atoms with Crippen molar-refractivity contribution in [2.45, 2.75) is 20.8 Å². The summed E-state index contributed by atoms with van der Waals surface area (Å²) in [6.07, 6.45) is 1.86. The van der Waals surface area contributed by atoms with Gasteiger partial charge in [0.15, 0.2) is 0 Å². The van der Waals surface area contributed by atoms with Crippen molar-refractivity contribution in [2.24, 2.45) is 0 Å². The standard InChI is InChI=1S/C22H20N2OS/c1-4-25-20-9-6-17(7-10-20)12-19(13-23)22-24-21(14-26-22)18-8-5-15(2)16(3)11-18/h5-12,14H,4H2,1-3H3. The highest BCUT2D eigenvalue weighted by Crippen LogP contribution is 2.28. The molecule has 3 nitrogen and oxygen atoms in total. The van der Waals surface area contributed by atoms with Crippen LogP contribution >= 0.6 is 11.3 Å². The molecule has 4 heteroatoms. The van der Waals surface area contributed by atoms with Gasteiger partial charge in [0.25, 0.3) is 0 Å². The lowest BCUT2D eigenvalue weighted by atomic mass is 10.1. The van der Waals surface area contributed by atoms with Crippen LogP contribution in [-0.4, -0.2) is 11.6 Å². The lowest BCUT2D eigenvalue weighted by Crippen LogP contribution is -1.90. The van der Waals surface area contributed by atoms with Gasteiger partial charge in [-0.15, -0.1) is 11.3 Å². The normalized spacial score (nSPS) is 11.2. The fourth-order valence-corrected chi connectivity index (χ4v) is 3.36. The molecule has 0 bridgehead atoms. The molecule has 1 heterocycles. The van der Waals surface area contributed by atoms with Crippen LogP contribution in [0, 0.1) is 25.2 Å². The fraction of sp³-hybridized carbons (Fsp3) is 0.182. The van der Waals surface area contributed by atoms with Crippen LogP contribution in [0.3, 0.4) is 0 Å². The second kappa shape index (κ2) is 7.99. The molecule has 0 amide bonds. The van der Waals surface area contributed by atoms with E-state index in [4.69, 9.17) is 4.74 Å². The maximum atomic E-state index is 9.56. The molecular weight excluding hydrogens is 340 g/mol. The monoisotopic (exact) mass is 360 g/mol. The van der Waals surface area contributed by atoms with Crippen molar-refractivity contribution in [3.63, 3.8) is 0 Å². The minimum absolute atomic E-state index is 0.564. The van der Waals surface area contributed by atoms with Crippen LogP contribution in [0.25, 0.3) is 22.9 Å². The second-order valence-corrected chi connectivity index (χ2v) is 6.87. The first-order valence-electron chi connectivity index (χ1n) is 8.49. The van der Waals surface area contributed by atoms with E-state index in [1.807, 2.05) is 42.6 Å². The highest BCUT2D eigenvalue weighted by atomic mass is 32.1. The average Bonchev–Trinajstić information content (AvgIpc) is 3.13. The number of aromatic nitrogens is 1. The molecule has 0 unspecified atom stereocenters. The molecule has 0 aliphatic carbocycles. The smallest absolute Gasteiger partial charge is 0.134 e. The Hall–Kier alpha value is -2.90. The molecule has 0 atom stereocenters. The van der Waals surface area contributed by atoms with E-state index >= 15 is 0 Å². The molecule has 0 saturated carbocycles. The lowest BCUT2D eigenvalue weighted by Gasteiger charge is -2.03. The van der Waals surface area contributed by atoms with Gasteiger partial charge in [-0.1, -0.05) is 24.3 Å². The molecule has 0 radical (unpaired) electrons. The molecule has 3 rings (SSSR count). The summed E-state index contributed by atoms with van der Waals surface area (Å²) >= 11 is 1.49. The Balaban J connectivity index is 1.88. The molecule has 0 saturated heterocycles. The molecular formula is C22H20N2OS. The number of thiazole rings is 1. The van der Waals surface area contributed by atoms with Crippen LogP contribution in [-0.2, 0) is 0 Å². The SMILES string of the molecule is CCOc1ccc(C=C(C#N)c2nc(-c3ccc(C)c(C)c3)cs2)cc1. The highest BCUT2D eigenvalue weighted by Gasteiger charge is 2.10. The third-order valence-corrected chi connectivity index (χ3v) is 5.04. The molecule has 1 aromatic heterocycles. The van der Waals surface area contributed by atoms with Crippen LogP contribution in [0.15, 0.2) is 47.8 Å². The first-order chi connectivity index (χ1) is 12.6. The van der Waals surface area contributed by atoms with Gasteiger partial charge in [0, 0.05) is 10.9 Å². The van der Waals surface area contributed by atoms with Crippen molar-refractivity contribution in [3.05, 3.63) is 69.5 Å². The summed E-state index contributed by atoms with van der Waals surface area (Å²) in [5, 5.41) is 12.3. The lowest BCUT2D eigenvalue weighted by molar-refractivity contribution is 0.340. The van der Waals surface area contributed by atoms with E-state index in [1.165, 1.54) is 22.5 Å². The number of nitriles is 1. The minimum Gasteiger partial charge on any atom is -0.494 e. The van der Waals surface area contributed by atoms with Gasteiger partial charge in [-0.2, -0.15) is 5.26 Å². The molecule has 0 aliphatic heterocycles. The predicted molar refractivity (Wildman–Crippen MR) is 108 cm³/mol. The van der Waals surface area contributed by atoms with E-state index in [2.05, 4.69) is 43.1 Å². The quantitative estimate of drug-likeness (QED) is 0.533. The number of allylic oxidation sites excluding steroid dienone is 1. The predicted octanol–water partition coefficient (Wildman–Crippen LogP) is 5.89. The number of hydrogen-bond acceptors (Lipinski definition) is 4. The molecule has 26 heavy (non-hydrogen) atoms. The number of hydrogen-bond donors (Lipinski definition) is 0. The van der Waals surface area contributed by atoms with Crippen LogP contribution in [0.4, 0.5) is 0 Å². The van der Waals surface area contributed by atoms with Crippen LogP contribution in [0.5, 0.6) is 5.75 Å². The van der Waals surface area contributed by atoms with Gasteiger partial charge in [-0.25, -0.2) is 4.98 Å². The molecule has 0 N–H and O–H groups in total. The molecule has 0 fully saturated rings. The van der Waals surface area contributed by atoms with Gasteiger partial charge < -0.3 is 4.74 Å². The Kier molecular flexibility index (Phi) is 5.50. The Morgan fingerprint density at radius 3 is 2.58 bits per heavy atom. The largest absolute Gasteiger partial charge is 0.494 e. The number of aryl methyl sites for hydroxylation is 2. The molecule has 2 aromatic carbocycles. The zero-order valence-electron chi connectivity index (χ0n) is 15.1. The summed E-state index contributed by atoms with van der Waals surface area (Å²) in [6, 6.07) is 16.3. The average molecular weight is 360 g/mol. The summed E-state index contributed by atoms with van der Waals surface area (Å²) in [7, 11) is 0. The van der Waals surface area contributed by atoms with Crippen molar-refractivity contribution in [3.8, 4) is 23.1 Å². The number of rotatable bonds is 5. The molecule has 0 spiro atoms. The fourth-order valence-electron chi connectivity index (χ4n) is 2.57. The first kappa shape index (κ1) is 17.9. The van der Waals surface area contributed by atoms with Crippen molar-refractivity contribution in [1.29, 1.82) is 5.26 Å². The van der Waals surface area contributed by atoms with Crippen molar-refractivity contribution in [1.82, 2.24) is 4.98 Å². The Labute approximate surface area is 158 Å². The maximum absolute atomic E-state index is 9.56. The Bertz CT molecular complexity index is 978. The molecule has 0 aliphatic rings. The van der Waals surface area contributed by atoms with E-state index in [9.17, 15) is 5.26 Å². The number of benzene rings is 2. The summed E-state index contributed by atoms with van der Waals surface area (Å²) < 4.78 is 5.45. The first-order valence-corrected chi connectivity index (χ1v) is 9.37. The highest BCUT2D eigenvalue weighted by molar-refractivity contribution is 7.11. The van der Waals surface area contributed by atoms with Gasteiger partial charge in [0.1, 0.15) is 16.8 Å². The van der Waals surface area contributed by atoms with Crippen LogP contribution in [0.1, 0.15) is 28.6 Å². The summed E-state index contributed by atoms with van der Waals surface area (Å²) in [5.74, 6) is 0.828. The summed E-state index contributed by atoms with van der Waals surface area (Å²) in [4.78, 5) is 4.67. The second-order valence-electron chi connectivity index (χ2n) is 6.01. The number of ether oxygens (including phenoxy) is 1. The van der Waals surface area contributed by atoms with Crippen molar-refractivity contribution in [2.75, 3.05) is 6.61 Å². The third kappa shape index (κ3) is 4.01. The minimum atomic E-state index is 0.564.